The van der Waals surface area contributed by atoms with E-state index in [0.29, 0.717) is 16.3 Å². The second kappa shape index (κ2) is 8.67. The van der Waals surface area contributed by atoms with Crippen LogP contribution in [0.15, 0.2) is 42.6 Å². The molecule has 0 aliphatic carbocycles. The maximum absolute atomic E-state index is 12.0. The van der Waals surface area contributed by atoms with Gasteiger partial charge in [-0.25, -0.2) is 4.98 Å². The van der Waals surface area contributed by atoms with Crippen molar-refractivity contribution in [1.82, 2.24) is 10.3 Å². The average Bonchev–Trinajstić information content (AvgIpc) is 3.17. The van der Waals surface area contributed by atoms with Crippen molar-refractivity contribution in [2.24, 2.45) is 0 Å². The highest BCUT2D eigenvalue weighted by Gasteiger charge is 2.13. The van der Waals surface area contributed by atoms with Crippen LogP contribution in [0.2, 0.25) is 5.02 Å². The lowest BCUT2D eigenvalue weighted by Gasteiger charge is -2.16. The number of carbonyl (C=O) groups excluding carboxylic acids is 2. The van der Waals surface area contributed by atoms with E-state index in [2.05, 4.69) is 20.5 Å². The first-order valence-electron chi connectivity index (χ1n) is 8.67. The first-order valence-corrected chi connectivity index (χ1v) is 9.05. The molecule has 6 nitrogen and oxygen atoms in total. The summed E-state index contributed by atoms with van der Waals surface area (Å²) in [6.07, 6.45) is 4.22. The highest BCUT2D eigenvalue weighted by molar-refractivity contribution is 6.33. The molecule has 1 saturated heterocycles. The molecule has 1 aromatic carbocycles. The second-order valence-electron chi connectivity index (χ2n) is 6.13. The molecule has 0 unspecified atom stereocenters. The summed E-state index contributed by atoms with van der Waals surface area (Å²) in [5.74, 6) is 0.465. The van der Waals surface area contributed by atoms with Gasteiger partial charge in [0, 0.05) is 26.1 Å². The van der Waals surface area contributed by atoms with Gasteiger partial charge in [-0.3, -0.25) is 9.59 Å². The Morgan fingerprint density at radius 3 is 2.58 bits per heavy atom. The van der Waals surface area contributed by atoms with Crippen molar-refractivity contribution in [1.29, 1.82) is 0 Å². The number of amides is 2. The van der Waals surface area contributed by atoms with Gasteiger partial charge >= 0.3 is 0 Å². The molecule has 2 N–H and O–H groups in total. The average molecular weight is 373 g/mol. The Kier molecular flexibility index (Phi) is 6.07. The lowest BCUT2D eigenvalue weighted by Crippen LogP contribution is -2.27. The van der Waals surface area contributed by atoms with E-state index in [0.717, 1.165) is 18.9 Å². The Hall–Kier alpha value is -2.60. The van der Waals surface area contributed by atoms with Gasteiger partial charge in [-0.2, -0.15) is 0 Å². The van der Waals surface area contributed by atoms with Crippen LogP contribution in [-0.2, 0) is 4.79 Å². The van der Waals surface area contributed by atoms with E-state index < -0.39 is 0 Å². The van der Waals surface area contributed by atoms with E-state index in [9.17, 15) is 9.59 Å². The van der Waals surface area contributed by atoms with Crippen molar-refractivity contribution in [2.75, 3.05) is 29.9 Å². The van der Waals surface area contributed by atoms with Crippen LogP contribution in [0.3, 0.4) is 0 Å². The van der Waals surface area contributed by atoms with E-state index in [1.165, 1.54) is 12.8 Å². The molecule has 26 heavy (non-hydrogen) atoms. The van der Waals surface area contributed by atoms with Gasteiger partial charge in [0.25, 0.3) is 5.91 Å². The Morgan fingerprint density at radius 2 is 1.88 bits per heavy atom. The second-order valence-corrected chi connectivity index (χ2v) is 6.54. The van der Waals surface area contributed by atoms with Gasteiger partial charge in [-0.15, -0.1) is 0 Å². The molecule has 2 amide bonds. The van der Waals surface area contributed by atoms with Crippen molar-refractivity contribution in [3.05, 3.63) is 53.2 Å². The molecule has 0 atom stereocenters. The number of hydrogen-bond acceptors (Lipinski definition) is 4. The van der Waals surface area contributed by atoms with E-state index in [1.54, 1.807) is 30.5 Å². The summed E-state index contributed by atoms with van der Waals surface area (Å²) in [4.78, 5) is 30.7. The van der Waals surface area contributed by atoms with Crippen LogP contribution in [0.25, 0.3) is 0 Å². The van der Waals surface area contributed by atoms with Gasteiger partial charge < -0.3 is 15.5 Å². The first-order chi connectivity index (χ1) is 12.6. The fourth-order valence-electron chi connectivity index (χ4n) is 2.85. The third kappa shape index (κ3) is 4.73. The molecule has 7 heteroatoms. The summed E-state index contributed by atoms with van der Waals surface area (Å²) in [6.45, 7) is 2.29. The van der Waals surface area contributed by atoms with E-state index in [-0.39, 0.29) is 24.8 Å². The van der Waals surface area contributed by atoms with Crippen LogP contribution in [-0.4, -0.2) is 36.4 Å². The van der Waals surface area contributed by atoms with Gasteiger partial charge in [0.1, 0.15) is 5.82 Å². The molecular formula is C19H21ClN4O2. The molecule has 1 aromatic heterocycles. The number of hydrogen-bond donors (Lipinski definition) is 2. The van der Waals surface area contributed by atoms with E-state index >= 15 is 0 Å². The van der Waals surface area contributed by atoms with Crippen LogP contribution < -0.4 is 15.5 Å². The molecule has 1 aliphatic heterocycles. The van der Waals surface area contributed by atoms with Crippen LogP contribution in [0.1, 0.15) is 29.6 Å². The lowest BCUT2D eigenvalue weighted by atomic mass is 10.2. The summed E-state index contributed by atoms with van der Waals surface area (Å²) in [5, 5.41) is 5.87. The third-order valence-corrected chi connectivity index (χ3v) is 4.55. The highest BCUT2D eigenvalue weighted by Crippen LogP contribution is 2.19. The molecular weight excluding hydrogens is 352 g/mol. The number of anilines is 2. The molecule has 136 valence electrons. The van der Waals surface area contributed by atoms with Crippen LogP contribution >= 0.6 is 11.6 Å². The molecule has 2 heterocycles. The predicted molar refractivity (Wildman–Crippen MR) is 103 cm³/mol. The van der Waals surface area contributed by atoms with Crippen molar-refractivity contribution < 1.29 is 9.59 Å². The molecule has 1 fully saturated rings. The summed E-state index contributed by atoms with van der Waals surface area (Å²) in [5.41, 5.74) is 1.05. The molecule has 3 rings (SSSR count). The smallest absolute Gasteiger partial charge is 0.252 e. The van der Waals surface area contributed by atoms with E-state index in [1.807, 2.05) is 12.1 Å². The predicted octanol–water partition coefficient (Wildman–Crippen LogP) is 3.09. The number of rotatable bonds is 6. The van der Waals surface area contributed by atoms with Gasteiger partial charge in [0.2, 0.25) is 5.91 Å². The lowest BCUT2D eigenvalue weighted by molar-refractivity contribution is -0.116. The van der Waals surface area contributed by atoms with Crippen molar-refractivity contribution in [2.45, 2.75) is 19.3 Å². The van der Waals surface area contributed by atoms with Crippen LogP contribution in [0.5, 0.6) is 0 Å². The Balaban J connectivity index is 1.44. The topological polar surface area (TPSA) is 74.3 Å². The van der Waals surface area contributed by atoms with Crippen molar-refractivity contribution in [3.63, 3.8) is 0 Å². The largest absolute Gasteiger partial charge is 0.357 e. The molecule has 0 saturated carbocycles. The maximum atomic E-state index is 12.0. The van der Waals surface area contributed by atoms with Crippen molar-refractivity contribution >= 4 is 34.9 Å². The normalized spacial score (nSPS) is 13.5. The SMILES string of the molecule is O=C(CCNC(=O)c1ccccc1Cl)Nc1ccc(N2CCCC2)nc1. The number of nitrogens with zero attached hydrogens (tertiary/aromatic N) is 2. The first kappa shape index (κ1) is 18.2. The minimum Gasteiger partial charge on any atom is -0.357 e. The minimum atomic E-state index is -0.292. The number of pyridine rings is 1. The monoisotopic (exact) mass is 372 g/mol. The fourth-order valence-corrected chi connectivity index (χ4v) is 3.07. The van der Waals surface area contributed by atoms with Crippen LogP contribution in [0.4, 0.5) is 11.5 Å². The summed E-state index contributed by atoms with van der Waals surface area (Å²) in [7, 11) is 0. The molecule has 0 bridgehead atoms. The Morgan fingerprint density at radius 1 is 1.12 bits per heavy atom. The zero-order chi connectivity index (χ0) is 18.4. The number of halogens is 1. The number of benzene rings is 1. The van der Waals surface area contributed by atoms with Gasteiger partial charge in [-0.05, 0) is 37.1 Å². The minimum absolute atomic E-state index is 0.171. The Bertz CT molecular complexity index is 773. The molecule has 0 spiro atoms. The van der Waals surface area contributed by atoms with Gasteiger partial charge in [-0.1, -0.05) is 23.7 Å². The zero-order valence-electron chi connectivity index (χ0n) is 14.4. The highest BCUT2D eigenvalue weighted by atomic mass is 35.5. The van der Waals surface area contributed by atoms with Gasteiger partial charge in [0.05, 0.1) is 22.5 Å². The van der Waals surface area contributed by atoms with Crippen LogP contribution in [0, 0.1) is 0 Å². The Labute approximate surface area is 157 Å². The third-order valence-electron chi connectivity index (χ3n) is 4.22. The summed E-state index contributed by atoms with van der Waals surface area (Å²) in [6, 6.07) is 10.6. The number of aromatic nitrogens is 1. The molecule has 0 radical (unpaired) electrons. The zero-order valence-corrected chi connectivity index (χ0v) is 15.1. The maximum Gasteiger partial charge on any atom is 0.252 e. The fraction of sp³-hybridized carbons (Fsp3) is 0.316. The summed E-state index contributed by atoms with van der Waals surface area (Å²) >= 11 is 5.98. The quantitative estimate of drug-likeness (QED) is 0.817. The summed E-state index contributed by atoms with van der Waals surface area (Å²) < 4.78 is 0. The van der Waals surface area contributed by atoms with Crippen molar-refractivity contribution in [3.8, 4) is 0 Å². The number of carbonyl (C=O) groups is 2. The van der Waals surface area contributed by atoms with E-state index in [4.69, 9.17) is 11.6 Å². The molecule has 1 aliphatic rings. The molecule has 2 aromatic rings. The number of nitrogens with one attached hydrogen (secondary N) is 2. The van der Waals surface area contributed by atoms with Gasteiger partial charge in [0.15, 0.2) is 0 Å². The standard InChI is InChI=1S/C19H21ClN4O2/c20-16-6-2-1-5-15(16)19(26)21-10-9-18(25)23-14-7-8-17(22-13-14)24-11-3-4-12-24/h1-2,5-8,13H,3-4,9-12H2,(H,21,26)(H,23,25).